The largest absolute Gasteiger partial charge is 0.501 e. The minimum atomic E-state index is -0.819. The monoisotopic (exact) mass is 2160 g/mol. The summed E-state index contributed by atoms with van der Waals surface area (Å²) in [5, 5.41) is 13.0. The van der Waals surface area contributed by atoms with Crippen molar-refractivity contribution in [3.8, 4) is 23.0 Å². The number of nitrogens with one attached hydrogen (secondary N) is 1. The van der Waals surface area contributed by atoms with Gasteiger partial charge in [0.15, 0.2) is 56.9 Å². The number of nitrogens with zero attached hydrogens (tertiary/aromatic N) is 15. The number of alkyl carbamates (subject to hydrolysis) is 1. The summed E-state index contributed by atoms with van der Waals surface area (Å²) in [7, 11) is 17.0. The van der Waals surface area contributed by atoms with Crippen molar-refractivity contribution >= 4 is 133 Å². The van der Waals surface area contributed by atoms with Gasteiger partial charge in [-0.15, -0.1) is 0 Å². The van der Waals surface area contributed by atoms with Crippen molar-refractivity contribution in [3.63, 3.8) is 0 Å². The van der Waals surface area contributed by atoms with E-state index in [-0.39, 0.29) is 120 Å². The van der Waals surface area contributed by atoms with Crippen LogP contribution in [-0.4, -0.2) is 214 Å². The predicted molar refractivity (Wildman–Crippen MR) is 559 cm³/mol. The maximum atomic E-state index is 13.9. The van der Waals surface area contributed by atoms with Crippen molar-refractivity contribution in [2.45, 2.75) is 77.7 Å². The number of pyridine rings is 4. The second-order valence-corrected chi connectivity index (χ2v) is 35.7. The third kappa shape index (κ3) is 27.6. The van der Waals surface area contributed by atoms with Crippen LogP contribution in [0.3, 0.4) is 0 Å². The summed E-state index contributed by atoms with van der Waals surface area (Å²) in [6, 6.07) is 52.7. The molecule has 4 N–H and O–H groups in total. The first-order chi connectivity index (χ1) is 71.6. The zero-order chi connectivity index (χ0) is 107. The molecule has 0 unspecified atom stereocenters. The smallest absolute Gasteiger partial charge is 0.414 e. The lowest BCUT2D eigenvalue weighted by Gasteiger charge is -2.28. The molecule has 18 rings (SSSR count). The maximum Gasteiger partial charge on any atom is 0.414 e. The van der Waals surface area contributed by atoms with E-state index < -0.39 is 69.8 Å². The number of carbonyl (C=O) groups excluding carboxylic acids is 8. The number of Topliss-reactive ketones (excluding diaryl/α,β-unsaturated/α-hetero) is 2. The van der Waals surface area contributed by atoms with Crippen LogP contribution in [0, 0.1) is 21.0 Å². The first-order valence-corrected chi connectivity index (χ1v) is 48.1. The number of cyclic esters (lactones) is 4. The van der Waals surface area contributed by atoms with Gasteiger partial charge in [-0.1, -0.05) is 127 Å². The Morgan fingerprint density at radius 3 is 1.03 bits per heavy atom. The Labute approximate surface area is 865 Å². The Balaban J connectivity index is 0.000000158. The molecular formula is C106H109F3IN17O22. The van der Waals surface area contributed by atoms with Gasteiger partial charge in [-0.3, -0.25) is 61.1 Å². The number of benzene rings is 6. The second-order valence-electron chi connectivity index (χ2n) is 34.6. The highest BCUT2D eigenvalue weighted by molar-refractivity contribution is 14.1. The summed E-state index contributed by atoms with van der Waals surface area (Å²) >= 11 is 2.09. The van der Waals surface area contributed by atoms with E-state index in [1.165, 1.54) is 84.7 Å². The molecular weight excluding hydrogens is 2050 g/mol. The lowest BCUT2D eigenvalue weighted by molar-refractivity contribution is 0.0579. The fourth-order valence-electron chi connectivity index (χ4n) is 15.2. The van der Waals surface area contributed by atoms with Crippen LogP contribution in [0.25, 0.3) is 22.6 Å². The van der Waals surface area contributed by atoms with Crippen molar-refractivity contribution in [2.75, 3.05) is 158 Å². The zero-order valence-corrected chi connectivity index (χ0v) is 85.3. The molecule has 4 fully saturated rings. The normalized spacial score (nSPS) is 13.1. The third-order valence-electron chi connectivity index (χ3n) is 23.3. The van der Waals surface area contributed by atoms with Gasteiger partial charge in [-0.25, -0.2) is 61.9 Å². The Bertz CT molecular complexity index is 7470. The van der Waals surface area contributed by atoms with E-state index in [0.717, 1.165) is 60.0 Å². The van der Waals surface area contributed by atoms with Crippen LogP contribution < -0.4 is 81.8 Å². The van der Waals surface area contributed by atoms with Gasteiger partial charge in [0, 0.05) is 127 Å². The number of aromatic hydroxyl groups is 1. The number of amides is 4. The topological polar surface area (TPSA) is 438 Å². The Kier molecular flexibility index (Phi) is 37.5. The van der Waals surface area contributed by atoms with E-state index in [4.69, 9.17) is 43.6 Å². The molecule has 149 heavy (non-hydrogen) atoms. The first-order valence-electron chi connectivity index (χ1n) is 47.0. The van der Waals surface area contributed by atoms with E-state index in [9.17, 15) is 75.8 Å². The number of nitrogens with two attached hydrogens (primary N) is 1. The number of aryl methyl sites for hydroxylation is 2. The molecule has 0 aliphatic carbocycles. The highest BCUT2D eigenvalue weighted by atomic mass is 127. The molecule has 0 bridgehead atoms. The number of ketones is 2. The van der Waals surface area contributed by atoms with E-state index in [0.29, 0.717) is 118 Å². The molecule has 4 saturated heterocycles. The minimum absolute atomic E-state index is 0.0206. The number of hydrogen-bond acceptors (Lipinski definition) is 31. The fraction of sp³-hybridized carbons (Fsp3) is 0.283. The summed E-state index contributed by atoms with van der Waals surface area (Å²) in [5.74, 6) is -4.74. The molecule has 0 atom stereocenters. The molecule has 778 valence electrons. The van der Waals surface area contributed by atoms with Crippen LogP contribution in [0.15, 0.2) is 232 Å². The quantitative estimate of drug-likeness (QED) is 0.0186. The molecule has 39 nitrogen and oxygen atoms in total. The van der Waals surface area contributed by atoms with Crippen LogP contribution in [0.1, 0.15) is 114 Å². The van der Waals surface area contributed by atoms with Gasteiger partial charge in [0.25, 0.3) is 0 Å². The number of rotatable bonds is 27. The minimum Gasteiger partial charge on any atom is -0.501 e. The SMILES string of the molecule is CN(C)c1cc(N2CCCOC2=O)c2nc(C(=O)CCc3ccc(F)cc3)c(O)c(=O)n2c1.CN(C)c1cc(N2CCCOC2=O)c2nc(C(=O)CCc3ccc(F)cc3)c(OCc3ccccc3)c(=O)n2c1.COC(=O)c1nc2c(I)cc(N(C)C)cn2c(=O)c1OCc1ccccc1.COC(=O)c1nc2c(N3CCCOC3=O)cc(N(C)C)cn2c(=O)c1OCc1ccccc1.NCc1ccc(F)cc1.O=C1NCCCO1. The van der Waals surface area contributed by atoms with Crippen LogP contribution in [0.5, 0.6) is 23.0 Å². The van der Waals surface area contributed by atoms with Gasteiger partial charge in [0.1, 0.15) is 37.3 Å². The van der Waals surface area contributed by atoms with Crippen molar-refractivity contribution in [1.29, 1.82) is 0 Å². The number of esters is 2. The van der Waals surface area contributed by atoms with E-state index >= 15 is 0 Å². The highest BCUT2D eigenvalue weighted by Crippen LogP contribution is 2.35. The fourth-order valence-corrected chi connectivity index (χ4v) is 15.9. The number of methoxy groups -OCH3 is 2. The Morgan fingerprint density at radius 1 is 0.396 bits per heavy atom. The van der Waals surface area contributed by atoms with Gasteiger partial charge in [-0.05, 0) is 155 Å². The summed E-state index contributed by atoms with van der Waals surface area (Å²) in [4.78, 5) is 182. The Morgan fingerprint density at radius 2 is 0.705 bits per heavy atom. The molecule has 12 heterocycles. The number of aromatic nitrogens is 8. The molecule has 4 aliphatic heterocycles. The van der Waals surface area contributed by atoms with E-state index in [1.54, 1.807) is 102 Å². The second kappa shape index (κ2) is 51.2. The van der Waals surface area contributed by atoms with Crippen molar-refractivity contribution in [3.05, 3.63) is 331 Å². The number of halogens is 4. The molecule has 0 radical (unpaired) electrons. The molecule has 14 aromatic rings. The summed E-state index contributed by atoms with van der Waals surface area (Å²) in [5.41, 5.74) is 11.3. The molecule has 0 saturated carbocycles. The zero-order valence-electron chi connectivity index (χ0n) is 83.2. The van der Waals surface area contributed by atoms with Crippen molar-refractivity contribution in [2.24, 2.45) is 5.73 Å². The summed E-state index contributed by atoms with van der Waals surface area (Å²) < 4.78 is 91.7. The number of anilines is 7. The number of ether oxygens (including phenoxy) is 9. The van der Waals surface area contributed by atoms with Crippen LogP contribution >= 0.6 is 22.6 Å². The van der Waals surface area contributed by atoms with Gasteiger partial charge in [-0.2, -0.15) is 0 Å². The highest BCUT2D eigenvalue weighted by Gasteiger charge is 2.34. The number of hydrogen-bond donors (Lipinski definition) is 3. The van der Waals surface area contributed by atoms with Crippen LogP contribution in [0.4, 0.5) is 72.2 Å². The van der Waals surface area contributed by atoms with E-state index in [1.807, 2.05) is 144 Å². The van der Waals surface area contributed by atoms with Crippen LogP contribution in [-0.2, 0) is 67.6 Å². The molecule has 43 heteroatoms. The van der Waals surface area contributed by atoms with Gasteiger partial charge in [0.2, 0.25) is 23.0 Å². The number of carbonyl (C=O) groups is 8. The molecule has 4 aliphatic rings. The predicted octanol–water partition coefficient (Wildman–Crippen LogP) is 14.0. The average molecular weight is 2160 g/mol. The average Bonchev–Trinajstić information content (AvgIpc) is 0.752. The van der Waals surface area contributed by atoms with Crippen LogP contribution in [0.2, 0.25) is 0 Å². The summed E-state index contributed by atoms with van der Waals surface area (Å²) in [6.45, 7) is 4.11. The van der Waals surface area contributed by atoms with Crippen molar-refractivity contribution in [1.82, 2.24) is 42.9 Å². The molecule has 0 spiro atoms. The lowest BCUT2D eigenvalue weighted by atomic mass is 10.1. The molecule has 4 amide bonds. The van der Waals surface area contributed by atoms with Crippen molar-refractivity contribution < 1.29 is 99.3 Å². The number of fused-ring (bicyclic) bond motifs is 4. The standard InChI is InChI=1S/C30H29FN4O5.C23H23FN4O5.C23H24N4O6.C19H18IN3O4.C7H8FN.C4H7NO2/c1-33(2)23-17-24(34-15-6-16-39-30(34)38)28-32-26(25(36)14-11-20-9-12-22(31)13-10-20)27(29(37)35(28)18-23)40-19-21-7-4-3-5-8-21;1-26(2)16-12-17(27-10-3-11-33-23(27)32)21-25-19(20(30)22(31)28(21)13-16)18(29)9-6-14-4-7-15(24)8-5-14;1-25(2)16-12-17(26-10-7-11-32-23(26)30)20-24-18(22(29)31-3)19(21(28)27(20)13-16)33-14-15-8-5-4-6-9-15;1-22(2)13-9-14(20)17-21-15(19(25)26-3)16(18(24)23(17)10-13)27-11-12-7-5-4-6-8-12;8-7-3-1-6(5-9)2-4-7;6-4-5-2-1-3-7-4/h3-5,7-10,12-13,17-18H,6,11,14-16,19H2,1-2H3;4-5,7-8,12-13,30H,3,6,9-11H2,1-2H3;4-6,8-9,12-13H,7,10-11,14H2,1-3H3;4-10H,11H2,1-3H3;1-4H,5,9H2;1-3H2,(H,5,6). The Hall–Kier alpha value is -17.0. The van der Waals surface area contributed by atoms with Gasteiger partial charge >= 0.3 is 58.5 Å². The summed E-state index contributed by atoms with van der Waals surface area (Å²) in [6.07, 6.45) is 7.72. The lowest BCUT2D eigenvalue weighted by Crippen LogP contribution is -2.38. The molecule has 6 aromatic carbocycles. The molecule has 8 aromatic heterocycles. The first kappa shape index (κ1) is 109. The maximum absolute atomic E-state index is 13.9. The van der Waals surface area contributed by atoms with Gasteiger partial charge < -0.3 is 78.4 Å². The van der Waals surface area contributed by atoms with E-state index in [2.05, 4.69) is 52.6 Å². The van der Waals surface area contributed by atoms with Gasteiger partial charge in [0.05, 0.1) is 84.0 Å². The third-order valence-corrected chi connectivity index (χ3v) is 24.1.